The molecule has 0 unspecified atom stereocenters. The minimum absolute atomic E-state index is 0.00199. The van der Waals surface area contributed by atoms with Gasteiger partial charge in [-0.2, -0.15) is 13.2 Å². The van der Waals surface area contributed by atoms with Crippen LogP contribution in [0.5, 0.6) is 5.75 Å². The molecule has 1 aliphatic rings. The summed E-state index contributed by atoms with van der Waals surface area (Å²) in [5.41, 5.74) is -0.183. The number of carbonyl (C=O) groups excluding carboxylic acids is 3. The van der Waals surface area contributed by atoms with E-state index < -0.39 is 41.2 Å². The van der Waals surface area contributed by atoms with Crippen molar-refractivity contribution in [2.45, 2.75) is 12.8 Å². The zero-order valence-electron chi connectivity index (χ0n) is 19.5. The molecule has 0 saturated carbocycles. The summed E-state index contributed by atoms with van der Waals surface area (Å²) in [5.74, 6) is -1.92. The van der Waals surface area contributed by atoms with Crippen LogP contribution in [0.4, 0.5) is 28.0 Å². The molecule has 1 fully saturated rings. The molecule has 0 aromatic heterocycles. The van der Waals surface area contributed by atoms with Crippen molar-refractivity contribution in [2.24, 2.45) is 0 Å². The largest absolute Gasteiger partial charge is 0.486 e. The number of nitrogens with zero attached hydrogens (tertiary/aromatic N) is 1. The first-order valence-electron chi connectivity index (χ1n) is 11.0. The maximum absolute atomic E-state index is 13.4. The molecule has 39 heavy (non-hydrogen) atoms. The number of anilines is 1. The minimum Gasteiger partial charge on any atom is -0.486 e. The summed E-state index contributed by atoms with van der Waals surface area (Å²) in [6, 6.07) is 12.6. The monoisotopic (exact) mass is 598 g/mol. The Morgan fingerprint density at radius 2 is 1.72 bits per heavy atom. The second-order valence-corrected chi connectivity index (χ2v) is 9.93. The van der Waals surface area contributed by atoms with E-state index in [2.05, 4.69) is 5.32 Å². The van der Waals surface area contributed by atoms with Gasteiger partial charge in [-0.1, -0.05) is 41.4 Å². The quantitative estimate of drug-likeness (QED) is 0.226. The Morgan fingerprint density at radius 3 is 2.38 bits per heavy atom. The van der Waals surface area contributed by atoms with Crippen molar-refractivity contribution in [1.29, 1.82) is 0 Å². The molecule has 3 aromatic rings. The van der Waals surface area contributed by atoms with E-state index in [0.29, 0.717) is 27.8 Å². The maximum atomic E-state index is 13.4. The van der Waals surface area contributed by atoms with Crippen molar-refractivity contribution in [1.82, 2.24) is 4.90 Å². The fourth-order valence-corrected chi connectivity index (χ4v) is 4.94. The van der Waals surface area contributed by atoms with E-state index in [-0.39, 0.29) is 33.0 Å². The molecular formula is C26H16Cl2F4N2O4S. The molecule has 1 N–H and O–H groups in total. The summed E-state index contributed by atoms with van der Waals surface area (Å²) in [4.78, 5) is 38.2. The predicted octanol–water partition coefficient (Wildman–Crippen LogP) is 7.41. The van der Waals surface area contributed by atoms with Gasteiger partial charge in [0.2, 0.25) is 5.91 Å². The zero-order valence-corrected chi connectivity index (χ0v) is 21.8. The molecule has 0 spiro atoms. The average molecular weight is 599 g/mol. The normalized spacial score (nSPS) is 14.7. The standard InChI is InChI=1S/C26H16Cl2F4N2O4S/c27-19-8-15(9-20(28)23(19)38-13-14-3-1-5-17(29)7-14)10-21-24(36)34(25(37)39-21)12-22(35)33-18-6-2-4-16(11-18)26(30,31)32/h1-11H,12-13H2,(H,33,35)/b21-10-. The molecule has 4 rings (SSSR count). The van der Waals surface area contributed by atoms with Crippen LogP contribution in [0.15, 0.2) is 65.6 Å². The second kappa shape index (κ2) is 11.7. The number of carbonyl (C=O) groups is 3. The van der Waals surface area contributed by atoms with Crippen LogP contribution >= 0.6 is 35.0 Å². The van der Waals surface area contributed by atoms with E-state index in [9.17, 15) is 31.9 Å². The van der Waals surface area contributed by atoms with Gasteiger partial charge in [-0.3, -0.25) is 19.3 Å². The van der Waals surface area contributed by atoms with Crippen molar-refractivity contribution >= 4 is 63.8 Å². The number of nitrogens with one attached hydrogen (secondary N) is 1. The lowest BCUT2D eigenvalue weighted by molar-refractivity contribution is -0.137. The van der Waals surface area contributed by atoms with E-state index in [1.807, 2.05) is 0 Å². The van der Waals surface area contributed by atoms with Crippen LogP contribution < -0.4 is 10.1 Å². The Balaban J connectivity index is 1.43. The van der Waals surface area contributed by atoms with Crippen LogP contribution in [-0.2, 0) is 22.4 Å². The summed E-state index contributed by atoms with van der Waals surface area (Å²) in [6.07, 6.45) is -3.25. The fourth-order valence-electron chi connectivity index (χ4n) is 3.49. The number of halogens is 6. The first-order chi connectivity index (χ1) is 18.4. The number of imide groups is 1. The van der Waals surface area contributed by atoms with Crippen molar-refractivity contribution in [2.75, 3.05) is 11.9 Å². The third kappa shape index (κ3) is 7.11. The van der Waals surface area contributed by atoms with Gasteiger partial charge in [0, 0.05) is 5.69 Å². The fraction of sp³-hybridized carbons (Fsp3) is 0.115. The Morgan fingerprint density at radius 1 is 1.03 bits per heavy atom. The lowest BCUT2D eigenvalue weighted by atomic mass is 10.2. The first kappa shape index (κ1) is 28.5. The highest BCUT2D eigenvalue weighted by molar-refractivity contribution is 8.18. The van der Waals surface area contributed by atoms with Gasteiger partial charge in [-0.15, -0.1) is 0 Å². The number of hydrogen-bond acceptors (Lipinski definition) is 5. The van der Waals surface area contributed by atoms with Gasteiger partial charge in [-0.05, 0) is 71.4 Å². The molecule has 6 nitrogen and oxygen atoms in total. The van der Waals surface area contributed by atoms with Crippen LogP contribution in [0.2, 0.25) is 10.0 Å². The van der Waals surface area contributed by atoms with E-state index in [1.54, 1.807) is 6.07 Å². The van der Waals surface area contributed by atoms with E-state index in [1.165, 1.54) is 42.5 Å². The van der Waals surface area contributed by atoms with Gasteiger partial charge in [0.1, 0.15) is 19.0 Å². The Hall–Kier alpha value is -3.54. The molecule has 3 aromatic carbocycles. The van der Waals surface area contributed by atoms with Gasteiger partial charge in [0.15, 0.2) is 5.75 Å². The molecule has 1 aliphatic heterocycles. The van der Waals surface area contributed by atoms with E-state index in [0.717, 1.165) is 18.2 Å². The third-order valence-corrected chi connectivity index (χ3v) is 6.71. The summed E-state index contributed by atoms with van der Waals surface area (Å²) < 4.78 is 57.7. The highest BCUT2D eigenvalue weighted by atomic mass is 35.5. The van der Waals surface area contributed by atoms with E-state index in [4.69, 9.17) is 27.9 Å². The summed E-state index contributed by atoms with van der Waals surface area (Å²) in [7, 11) is 0. The Kier molecular flexibility index (Phi) is 8.53. The number of benzene rings is 3. The number of rotatable bonds is 7. The molecule has 0 bridgehead atoms. The highest BCUT2D eigenvalue weighted by Crippen LogP contribution is 2.38. The Bertz CT molecular complexity index is 1470. The van der Waals surface area contributed by atoms with Gasteiger partial charge in [0.25, 0.3) is 11.1 Å². The number of thioether (sulfide) groups is 1. The molecule has 0 aliphatic carbocycles. The van der Waals surface area contributed by atoms with Crippen LogP contribution in [0.25, 0.3) is 6.08 Å². The molecule has 1 heterocycles. The zero-order chi connectivity index (χ0) is 28.3. The SMILES string of the molecule is O=C(CN1C(=O)S/C(=C\c2cc(Cl)c(OCc3cccc(F)c3)c(Cl)c2)C1=O)Nc1cccc(C(F)(F)F)c1. The third-order valence-electron chi connectivity index (χ3n) is 5.24. The van der Waals surface area contributed by atoms with E-state index >= 15 is 0 Å². The smallest absolute Gasteiger partial charge is 0.416 e. The molecular weight excluding hydrogens is 583 g/mol. The lowest BCUT2D eigenvalue weighted by Crippen LogP contribution is -2.36. The predicted molar refractivity (Wildman–Crippen MR) is 140 cm³/mol. The lowest BCUT2D eigenvalue weighted by Gasteiger charge is -2.13. The second-order valence-electron chi connectivity index (χ2n) is 8.13. The van der Waals surface area contributed by atoms with Gasteiger partial charge in [0.05, 0.1) is 20.5 Å². The number of hydrogen-bond donors (Lipinski definition) is 1. The number of alkyl halides is 3. The van der Waals surface area contributed by atoms with Crippen LogP contribution in [0.3, 0.4) is 0 Å². The maximum Gasteiger partial charge on any atom is 0.416 e. The molecule has 202 valence electrons. The van der Waals surface area contributed by atoms with Crippen molar-refractivity contribution in [3.63, 3.8) is 0 Å². The number of amides is 3. The highest BCUT2D eigenvalue weighted by Gasteiger charge is 2.36. The molecule has 13 heteroatoms. The number of ether oxygens (including phenoxy) is 1. The van der Waals surface area contributed by atoms with Gasteiger partial charge in [-0.25, -0.2) is 4.39 Å². The molecule has 3 amide bonds. The van der Waals surface area contributed by atoms with Crippen LogP contribution in [0.1, 0.15) is 16.7 Å². The molecule has 0 radical (unpaired) electrons. The van der Waals surface area contributed by atoms with Crippen molar-refractivity contribution < 1.29 is 36.7 Å². The summed E-state index contributed by atoms with van der Waals surface area (Å²) in [5, 5.41) is 1.72. The van der Waals surface area contributed by atoms with Gasteiger partial charge < -0.3 is 10.1 Å². The molecule has 0 atom stereocenters. The van der Waals surface area contributed by atoms with Crippen LogP contribution in [-0.4, -0.2) is 28.5 Å². The van der Waals surface area contributed by atoms with Gasteiger partial charge >= 0.3 is 6.18 Å². The molecule has 1 saturated heterocycles. The first-order valence-corrected chi connectivity index (χ1v) is 12.6. The average Bonchev–Trinajstić information content (AvgIpc) is 3.10. The van der Waals surface area contributed by atoms with Crippen molar-refractivity contribution in [3.05, 3.63) is 98.1 Å². The summed E-state index contributed by atoms with van der Waals surface area (Å²) in [6.45, 7) is -0.704. The summed E-state index contributed by atoms with van der Waals surface area (Å²) >= 11 is 13.2. The van der Waals surface area contributed by atoms with Crippen LogP contribution in [0, 0.1) is 5.82 Å². The minimum atomic E-state index is -4.60. The Labute approximate surface area is 233 Å². The van der Waals surface area contributed by atoms with Crippen molar-refractivity contribution in [3.8, 4) is 5.75 Å². The topological polar surface area (TPSA) is 75.7 Å².